The normalized spacial score (nSPS) is 18.0. The Morgan fingerprint density at radius 1 is 1.38 bits per heavy atom. The maximum Gasteiger partial charge on any atom is 0.191 e. The van der Waals surface area contributed by atoms with E-state index in [4.69, 9.17) is 16.3 Å². The van der Waals surface area contributed by atoms with E-state index >= 15 is 0 Å². The van der Waals surface area contributed by atoms with Crippen LogP contribution in [0.15, 0.2) is 40.5 Å². The number of rotatable bonds is 8. The topological polar surface area (TPSA) is 43.2 Å². The highest BCUT2D eigenvalue weighted by Crippen LogP contribution is 2.21. The molecule has 2 aromatic rings. The summed E-state index contributed by atoms with van der Waals surface area (Å²) in [6, 6.07) is 10.1. The molecule has 1 aromatic heterocycles. The van der Waals surface area contributed by atoms with Crippen LogP contribution in [0.5, 0.6) is 0 Å². The molecule has 0 aliphatic carbocycles. The Labute approximate surface area is 164 Å². The molecule has 1 saturated heterocycles. The van der Waals surface area contributed by atoms with Crippen molar-refractivity contribution < 1.29 is 4.74 Å². The molecule has 2 heterocycles. The van der Waals surface area contributed by atoms with E-state index in [1.165, 1.54) is 0 Å². The van der Waals surface area contributed by atoms with Crippen molar-refractivity contribution in [3.05, 3.63) is 46.8 Å². The molecule has 3 rings (SSSR count). The third kappa shape index (κ3) is 5.33. The highest BCUT2D eigenvalue weighted by Gasteiger charge is 2.21. The van der Waals surface area contributed by atoms with E-state index in [1.807, 2.05) is 49.7 Å². The van der Waals surface area contributed by atoms with Crippen LogP contribution in [0.2, 0.25) is 0 Å². The monoisotopic (exact) mass is 392 g/mol. The molecule has 5 nitrogen and oxygen atoms in total. The van der Waals surface area contributed by atoms with Gasteiger partial charge in [0.05, 0.1) is 19.2 Å². The van der Waals surface area contributed by atoms with Crippen LogP contribution in [0.1, 0.15) is 24.2 Å². The van der Waals surface area contributed by atoms with E-state index in [1.54, 1.807) is 11.8 Å². The second kappa shape index (κ2) is 9.55. The third-order valence-electron chi connectivity index (χ3n) is 4.34. The van der Waals surface area contributed by atoms with Gasteiger partial charge in [0.15, 0.2) is 5.16 Å². The van der Waals surface area contributed by atoms with Crippen LogP contribution in [0.3, 0.4) is 0 Å². The van der Waals surface area contributed by atoms with Crippen LogP contribution in [-0.4, -0.2) is 52.2 Å². The van der Waals surface area contributed by atoms with Gasteiger partial charge in [-0.1, -0.05) is 53.7 Å². The zero-order valence-corrected chi connectivity index (χ0v) is 16.8. The molecule has 0 saturated carbocycles. The first kappa shape index (κ1) is 19.4. The maximum absolute atomic E-state index is 6.44. The van der Waals surface area contributed by atoms with Crippen molar-refractivity contribution in [2.75, 3.05) is 26.5 Å². The number of ether oxygens (including phenoxy) is 1. The zero-order valence-electron chi connectivity index (χ0n) is 15.3. The molecule has 0 spiro atoms. The molecule has 1 aromatic carbocycles. The van der Waals surface area contributed by atoms with Crippen molar-refractivity contribution in [2.24, 2.45) is 0 Å². The van der Waals surface area contributed by atoms with Gasteiger partial charge in [0, 0.05) is 18.2 Å². The summed E-state index contributed by atoms with van der Waals surface area (Å²) < 4.78 is 7.97. The fraction of sp³-hybridized carbons (Fsp3) is 0.474. The number of benzene rings is 1. The van der Waals surface area contributed by atoms with Gasteiger partial charge in [-0.15, -0.1) is 10.2 Å². The van der Waals surface area contributed by atoms with Crippen LogP contribution >= 0.6 is 23.4 Å². The smallest absolute Gasteiger partial charge is 0.191 e. The average molecular weight is 393 g/mol. The average Bonchev–Trinajstić information content (AvgIpc) is 3.26. The minimum atomic E-state index is 0.266. The van der Waals surface area contributed by atoms with E-state index < -0.39 is 0 Å². The molecule has 7 heteroatoms. The van der Waals surface area contributed by atoms with Gasteiger partial charge in [-0.05, 0) is 37.8 Å². The first-order valence-electron chi connectivity index (χ1n) is 8.83. The lowest BCUT2D eigenvalue weighted by atomic mass is 10.2. The Hall–Kier alpha value is -1.34. The summed E-state index contributed by atoms with van der Waals surface area (Å²) in [5, 5.41) is 10.5. The van der Waals surface area contributed by atoms with Gasteiger partial charge in [-0.2, -0.15) is 0 Å². The lowest BCUT2D eigenvalue weighted by molar-refractivity contribution is 0.0935. The van der Waals surface area contributed by atoms with Crippen molar-refractivity contribution >= 4 is 29.4 Å². The van der Waals surface area contributed by atoms with Gasteiger partial charge >= 0.3 is 0 Å². The molecule has 1 fully saturated rings. The van der Waals surface area contributed by atoms with E-state index in [0.29, 0.717) is 13.1 Å². The highest BCUT2D eigenvalue weighted by atomic mass is 35.5. The molecule has 1 aliphatic heterocycles. The number of nitrogens with zero attached hydrogens (tertiary/aromatic N) is 4. The first-order valence-corrected chi connectivity index (χ1v) is 10.4. The van der Waals surface area contributed by atoms with Gasteiger partial charge in [0.2, 0.25) is 0 Å². The molecular formula is C19H25ClN4OS. The molecule has 1 aliphatic rings. The van der Waals surface area contributed by atoms with Gasteiger partial charge in [-0.3, -0.25) is 4.90 Å². The standard InChI is InChI=1S/C19H25ClN4OS/c1-23(12-16(20)11-15-7-4-3-5-8-15)14-18-21-22-19(26-2)24(18)13-17-9-6-10-25-17/h3-5,7-8,11,17H,6,9-10,12-14H2,1-2H3/b16-11-. The van der Waals surface area contributed by atoms with Gasteiger partial charge in [0.1, 0.15) is 5.82 Å². The van der Waals surface area contributed by atoms with Crippen LogP contribution in [0, 0.1) is 0 Å². The molecule has 26 heavy (non-hydrogen) atoms. The fourth-order valence-electron chi connectivity index (χ4n) is 3.09. The summed E-state index contributed by atoms with van der Waals surface area (Å²) in [7, 11) is 2.05. The quantitative estimate of drug-likeness (QED) is 0.637. The van der Waals surface area contributed by atoms with Crippen LogP contribution in [-0.2, 0) is 17.8 Å². The fourth-order valence-corrected chi connectivity index (χ4v) is 3.95. The second-order valence-corrected chi connectivity index (χ2v) is 7.78. The lowest BCUT2D eigenvalue weighted by Gasteiger charge is -2.18. The summed E-state index contributed by atoms with van der Waals surface area (Å²) in [6.07, 6.45) is 6.54. The molecule has 140 valence electrons. The highest BCUT2D eigenvalue weighted by molar-refractivity contribution is 7.98. The number of aromatic nitrogens is 3. The molecule has 0 bridgehead atoms. The molecule has 0 radical (unpaired) electrons. The minimum absolute atomic E-state index is 0.266. The van der Waals surface area contributed by atoms with Gasteiger partial charge in [0.25, 0.3) is 0 Å². The minimum Gasteiger partial charge on any atom is -0.376 e. The summed E-state index contributed by atoms with van der Waals surface area (Å²) in [4.78, 5) is 2.15. The Kier molecular flexibility index (Phi) is 7.14. The number of hydrogen-bond donors (Lipinski definition) is 0. The zero-order chi connectivity index (χ0) is 18.4. The predicted molar refractivity (Wildman–Crippen MR) is 107 cm³/mol. The number of likely N-dealkylation sites (N-methyl/N-ethyl adjacent to an activating group) is 1. The van der Waals surface area contributed by atoms with Crippen LogP contribution in [0.4, 0.5) is 0 Å². The predicted octanol–water partition coefficient (Wildman–Crippen LogP) is 3.89. The molecule has 0 N–H and O–H groups in total. The number of halogens is 1. The summed E-state index contributed by atoms with van der Waals surface area (Å²) >= 11 is 8.06. The summed E-state index contributed by atoms with van der Waals surface area (Å²) in [5.41, 5.74) is 1.11. The first-order chi connectivity index (χ1) is 12.7. The van der Waals surface area contributed by atoms with Crippen molar-refractivity contribution in [2.45, 2.75) is 37.2 Å². The largest absolute Gasteiger partial charge is 0.376 e. The van der Waals surface area contributed by atoms with E-state index in [0.717, 1.165) is 47.6 Å². The Morgan fingerprint density at radius 2 is 2.19 bits per heavy atom. The number of thioether (sulfide) groups is 1. The Morgan fingerprint density at radius 3 is 2.88 bits per heavy atom. The van der Waals surface area contributed by atoms with E-state index in [2.05, 4.69) is 19.7 Å². The van der Waals surface area contributed by atoms with Crippen molar-refractivity contribution in [3.8, 4) is 0 Å². The SMILES string of the molecule is CSc1nnc(CN(C)C/C(Cl)=C/c2ccccc2)n1CC1CCCO1. The molecule has 0 amide bonds. The van der Waals surface area contributed by atoms with E-state index in [9.17, 15) is 0 Å². The Balaban J connectivity index is 1.64. The van der Waals surface area contributed by atoms with Gasteiger partial charge < -0.3 is 9.30 Å². The van der Waals surface area contributed by atoms with Crippen LogP contribution < -0.4 is 0 Å². The Bertz CT molecular complexity index is 728. The van der Waals surface area contributed by atoms with Crippen molar-refractivity contribution in [1.29, 1.82) is 0 Å². The van der Waals surface area contributed by atoms with Gasteiger partial charge in [-0.25, -0.2) is 0 Å². The molecular weight excluding hydrogens is 368 g/mol. The van der Waals surface area contributed by atoms with E-state index in [-0.39, 0.29) is 6.10 Å². The van der Waals surface area contributed by atoms with Crippen LogP contribution in [0.25, 0.3) is 6.08 Å². The third-order valence-corrected chi connectivity index (χ3v) is 5.24. The second-order valence-electron chi connectivity index (χ2n) is 6.52. The summed E-state index contributed by atoms with van der Waals surface area (Å²) in [6.45, 7) is 3.04. The maximum atomic E-state index is 6.44. The number of hydrogen-bond acceptors (Lipinski definition) is 5. The molecule has 1 unspecified atom stereocenters. The summed E-state index contributed by atoms with van der Waals surface area (Å²) in [5.74, 6) is 0.955. The lowest BCUT2D eigenvalue weighted by Crippen LogP contribution is -2.24. The van der Waals surface area contributed by atoms with Crippen molar-refractivity contribution in [3.63, 3.8) is 0 Å². The van der Waals surface area contributed by atoms with Crippen molar-refractivity contribution in [1.82, 2.24) is 19.7 Å². The molecule has 1 atom stereocenters.